The van der Waals surface area contributed by atoms with Crippen molar-refractivity contribution in [1.29, 1.82) is 0 Å². The number of piperidine rings is 1. The zero-order valence-electron chi connectivity index (χ0n) is 19.7. The van der Waals surface area contributed by atoms with Crippen LogP contribution >= 0.6 is 23.1 Å². The molecule has 34 heavy (non-hydrogen) atoms. The summed E-state index contributed by atoms with van der Waals surface area (Å²) in [6.45, 7) is 2.64. The second-order valence-electron chi connectivity index (χ2n) is 8.64. The number of hydrogen-bond donors (Lipinski definition) is 1. The van der Waals surface area contributed by atoms with Gasteiger partial charge in [0.2, 0.25) is 0 Å². The van der Waals surface area contributed by atoms with Crippen LogP contribution in [0.25, 0.3) is 10.9 Å². The number of aliphatic hydroxyl groups excluding tert-OH is 1. The maximum Gasteiger partial charge on any atom is 0.310 e. The van der Waals surface area contributed by atoms with Crippen molar-refractivity contribution in [2.24, 2.45) is 11.8 Å². The number of aromatic nitrogens is 1. The van der Waals surface area contributed by atoms with Gasteiger partial charge in [-0.1, -0.05) is 18.2 Å². The van der Waals surface area contributed by atoms with Crippen LogP contribution in [0.3, 0.4) is 0 Å². The molecule has 1 aliphatic heterocycles. The lowest BCUT2D eigenvalue weighted by Gasteiger charge is -2.37. The number of methoxy groups -OCH3 is 2. The van der Waals surface area contributed by atoms with Gasteiger partial charge in [0.1, 0.15) is 5.75 Å². The number of nitrogens with zero attached hydrogens (tertiary/aromatic N) is 2. The van der Waals surface area contributed by atoms with Crippen LogP contribution in [-0.2, 0) is 9.53 Å². The molecule has 8 heteroatoms. The smallest absolute Gasteiger partial charge is 0.310 e. The SMILES string of the molecule is COC(=O)[C@H]1CN(CCSc2cccs2)CC[C@H]1CCC(O)c1cccc2ncc(OC)cc12. The molecule has 6 nitrogen and oxygen atoms in total. The molecule has 0 spiro atoms. The number of esters is 1. The summed E-state index contributed by atoms with van der Waals surface area (Å²) in [6, 6.07) is 11.9. The van der Waals surface area contributed by atoms with Gasteiger partial charge >= 0.3 is 5.97 Å². The quantitative estimate of drug-likeness (QED) is 0.309. The van der Waals surface area contributed by atoms with Gasteiger partial charge in [0, 0.05) is 24.2 Å². The number of rotatable bonds is 10. The molecule has 0 bridgehead atoms. The van der Waals surface area contributed by atoms with E-state index in [4.69, 9.17) is 9.47 Å². The minimum absolute atomic E-state index is 0.144. The fraction of sp³-hybridized carbons (Fsp3) is 0.462. The van der Waals surface area contributed by atoms with E-state index in [0.717, 1.165) is 48.2 Å². The molecule has 3 aromatic rings. The molecular formula is C26H32N2O4S2. The maximum atomic E-state index is 12.6. The highest BCUT2D eigenvalue weighted by molar-refractivity contribution is 8.01. The van der Waals surface area contributed by atoms with Gasteiger partial charge in [-0.15, -0.1) is 23.1 Å². The largest absolute Gasteiger partial charge is 0.495 e. The zero-order chi connectivity index (χ0) is 23.9. The van der Waals surface area contributed by atoms with Crippen LogP contribution in [0.15, 0.2) is 52.2 Å². The van der Waals surface area contributed by atoms with Gasteiger partial charge in [-0.05, 0) is 60.9 Å². The van der Waals surface area contributed by atoms with Crippen LogP contribution in [0, 0.1) is 11.8 Å². The van der Waals surface area contributed by atoms with Crippen LogP contribution < -0.4 is 4.74 Å². The third kappa shape index (κ3) is 6.10. The first kappa shape index (κ1) is 25.0. The number of hydrogen-bond acceptors (Lipinski definition) is 8. The number of likely N-dealkylation sites (tertiary alicyclic amines) is 1. The number of thiophene rings is 1. The van der Waals surface area contributed by atoms with E-state index in [1.54, 1.807) is 24.6 Å². The molecule has 3 atom stereocenters. The molecule has 4 rings (SSSR count). The second-order valence-corrected chi connectivity index (χ2v) is 11.0. The summed E-state index contributed by atoms with van der Waals surface area (Å²) in [5.41, 5.74) is 1.68. The third-order valence-electron chi connectivity index (χ3n) is 6.63. The number of aliphatic hydroxyl groups is 1. The highest BCUT2D eigenvalue weighted by Crippen LogP contribution is 2.34. The zero-order valence-corrected chi connectivity index (χ0v) is 21.3. The molecule has 1 unspecified atom stereocenters. The first-order valence-electron chi connectivity index (χ1n) is 11.7. The van der Waals surface area contributed by atoms with Crippen LogP contribution in [0.5, 0.6) is 5.75 Å². The van der Waals surface area contributed by atoms with Gasteiger partial charge in [-0.25, -0.2) is 0 Å². The Bertz CT molecular complexity index is 1080. The van der Waals surface area contributed by atoms with Gasteiger partial charge in [0.25, 0.3) is 0 Å². The predicted molar refractivity (Wildman–Crippen MR) is 138 cm³/mol. The van der Waals surface area contributed by atoms with E-state index in [2.05, 4.69) is 27.4 Å². The summed E-state index contributed by atoms with van der Waals surface area (Å²) in [7, 11) is 3.08. The Balaban J connectivity index is 1.37. The predicted octanol–water partition coefficient (Wildman–Crippen LogP) is 5.02. The number of benzene rings is 1. The van der Waals surface area contributed by atoms with E-state index >= 15 is 0 Å². The van der Waals surface area contributed by atoms with E-state index < -0.39 is 6.10 Å². The molecule has 0 saturated carbocycles. The van der Waals surface area contributed by atoms with Crippen molar-refractivity contribution in [1.82, 2.24) is 9.88 Å². The standard InChI is InChI=1S/C26H32N2O4S2/c1-31-19-15-21-20(5-3-6-23(21)27-16-19)24(29)9-8-18-10-11-28(17-22(18)26(30)32-2)12-14-34-25-7-4-13-33-25/h3-7,13,15-16,18,22,24,29H,8-12,14,17H2,1-2H3/t18-,22+,24?/m1/s1. The Kier molecular flexibility index (Phi) is 8.83. The third-order valence-corrected chi connectivity index (χ3v) is 8.74. The van der Waals surface area contributed by atoms with Crippen molar-refractivity contribution in [2.45, 2.75) is 29.6 Å². The van der Waals surface area contributed by atoms with E-state index in [9.17, 15) is 9.90 Å². The summed E-state index contributed by atoms with van der Waals surface area (Å²) < 4.78 is 11.8. The van der Waals surface area contributed by atoms with E-state index in [1.165, 1.54) is 11.3 Å². The number of carbonyl (C=O) groups is 1. The highest BCUT2D eigenvalue weighted by atomic mass is 32.2. The van der Waals surface area contributed by atoms with Crippen molar-refractivity contribution < 1.29 is 19.4 Å². The van der Waals surface area contributed by atoms with Crippen LogP contribution in [0.2, 0.25) is 0 Å². The Morgan fingerprint density at radius 3 is 2.97 bits per heavy atom. The fourth-order valence-electron chi connectivity index (χ4n) is 4.74. The lowest BCUT2D eigenvalue weighted by atomic mass is 9.81. The second kappa shape index (κ2) is 12.0. The lowest BCUT2D eigenvalue weighted by Crippen LogP contribution is -2.45. The Morgan fingerprint density at radius 2 is 2.21 bits per heavy atom. The normalized spacial score (nSPS) is 19.7. The molecule has 0 radical (unpaired) electrons. The van der Waals surface area contributed by atoms with Crippen LogP contribution in [0.1, 0.15) is 30.9 Å². The van der Waals surface area contributed by atoms with E-state index in [0.29, 0.717) is 18.7 Å². The van der Waals surface area contributed by atoms with Gasteiger partial charge in [0.05, 0.1) is 42.2 Å². The molecule has 1 fully saturated rings. The maximum absolute atomic E-state index is 12.6. The molecule has 1 N–H and O–H groups in total. The van der Waals surface area contributed by atoms with Crippen molar-refractivity contribution in [3.8, 4) is 5.75 Å². The summed E-state index contributed by atoms with van der Waals surface area (Å²) in [4.78, 5) is 19.4. The minimum Gasteiger partial charge on any atom is -0.495 e. The first-order valence-corrected chi connectivity index (χ1v) is 13.5. The molecule has 1 saturated heterocycles. The molecule has 0 aliphatic carbocycles. The number of pyridine rings is 1. The van der Waals surface area contributed by atoms with Crippen molar-refractivity contribution in [2.75, 3.05) is 39.6 Å². The van der Waals surface area contributed by atoms with Crippen LogP contribution in [0.4, 0.5) is 0 Å². The molecule has 182 valence electrons. The average Bonchev–Trinajstić information content (AvgIpc) is 3.40. The van der Waals surface area contributed by atoms with Crippen molar-refractivity contribution in [3.63, 3.8) is 0 Å². The Morgan fingerprint density at radius 1 is 1.32 bits per heavy atom. The molecule has 1 aromatic carbocycles. The topological polar surface area (TPSA) is 71.9 Å². The van der Waals surface area contributed by atoms with Gasteiger partial charge < -0.3 is 19.5 Å². The lowest BCUT2D eigenvalue weighted by molar-refractivity contribution is -0.150. The summed E-state index contributed by atoms with van der Waals surface area (Å²) in [6.07, 6.45) is 3.35. The summed E-state index contributed by atoms with van der Waals surface area (Å²) >= 11 is 3.63. The molecule has 0 amide bonds. The monoisotopic (exact) mass is 500 g/mol. The van der Waals surface area contributed by atoms with Crippen molar-refractivity contribution in [3.05, 3.63) is 53.5 Å². The fourth-order valence-corrected chi connectivity index (χ4v) is 6.60. The molecular weight excluding hydrogens is 468 g/mol. The minimum atomic E-state index is -0.629. The average molecular weight is 501 g/mol. The number of fused-ring (bicyclic) bond motifs is 1. The van der Waals surface area contributed by atoms with E-state index in [1.807, 2.05) is 36.0 Å². The highest BCUT2D eigenvalue weighted by Gasteiger charge is 2.35. The van der Waals surface area contributed by atoms with E-state index in [-0.39, 0.29) is 17.8 Å². The molecule has 2 aromatic heterocycles. The molecule has 3 heterocycles. The van der Waals surface area contributed by atoms with Crippen LogP contribution in [-0.4, -0.2) is 60.6 Å². The van der Waals surface area contributed by atoms with Gasteiger partial charge in [0.15, 0.2) is 0 Å². The molecule has 1 aliphatic rings. The number of ether oxygens (including phenoxy) is 2. The van der Waals surface area contributed by atoms with Gasteiger partial charge in [-0.3, -0.25) is 9.78 Å². The van der Waals surface area contributed by atoms with Gasteiger partial charge in [-0.2, -0.15) is 0 Å². The Hall–Kier alpha value is -2.13. The summed E-state index contributed by atoms with van der Waals surface area (Å²) in [5.74, 6) is 1.57. The summed E-state index contributed by atoms with van der Waals surface area (Å²) in [5, 5.41) is 14.1. The number of carbonyl (C=O) groups excluding carboxylic acids is 1. The first-order chi connectivity index (χ1) is 16.6. The Labute approximate surface area is 209 Å². The number of thioether (sulfide) groups is 1. The van der Waals surface area contributed by atoms with Crippen molar-refractivity contribution >= 4 is 40.0 Å².